The highest BCUT2D eigenvalue weighted by Crippen LogP contribution is 2.21. The van der Waals surface area contributed by atoms with Gasteiger partial charge in [0.05, 0.1) is 5.56 Å². The minimum absolute atomic E-state index is 0.224. The molecule has 0 unspecified atom stereocenters. The Labute approximate surface area is 151 Å². The molecular weight excluding hydrogens is 336 g/mol. The van der Waals surface area contributed by atoms with E-state index in [4.69, 9.17) is 11.6 Å². The number of pyridine rings is 2. The van der Waals surface area contributed by atoms with Crippen LogP contribution in [0.1, 0.15) is 21.5 Å². The first-order valence-electron chi connectivity index (χ1n) is 7.78. The molecule has 1 aromatic carbocycles. The van der Waals surface area contributed by atoms with Gasteiger partial charge in [0.2, 0.25) is 0 Å². The van der Waals surface area contributed by atoms with Gasteiger partial charge in [-0.1, -0.05) is 17.7 Å². The summed E-state index contributed by atoms with van der Waals surface area (Å²) in [4.78, 5) is 20.6. The zero-order chi connectivity index (χ0) is 17.6. The van der Waals surface area contributed by atoms with Crippen LogP contribution in [0.2, 0.25) is 5.02 Å². The fraction of sp³-hybridized carbons (Fsp3) is 0.105. The van der Waals surface area contributed by atoms with Crippen molar-refractivity contribution in [2.75, 3.05) is 10.6 Å². The Hall–Kier alpha value is -2.92. The number of benzene rings is 1. The average Bonchev–Trinajstić information content (AvgIpc) is 2.64. The van der Waals surface area contributed by atoms with Crippen molar-refractivity contribution in [1.82, 2.24) is 9.97 Å². The monoisotopic (exact) mass is 352 g/mol. The van der Waals surface area contributed by atoms with E-state index in [9.17, 15) is 4.79 Å². The molecule has 126 valence electrons. The van der Waals surface area contributed by atoms with E-state index in [1.807, 2.05) is 25.1 Å². The molecule has 2 N–H and O–H groups in total. The number of nitrogens with zero attached hydrogens (tertiary/aromatic N) is 2. The van der Waals surface area contributed by atoms with Gasteiger partial charge in [0.15, 0.2) is 0 Å². The third-order valence-corrected chi connectivity index (χ3v) is 3.93. The number of hydrogen-bond donors (Lipinski definition) is 2. The Morgan fingerprint density at radius 3 is 2.64 bits per heavy atom. The summed E-state index contributed by atoms with van der Waals surface area (Å²) in [6, 6.07) is 12.8. The van der Waals surface area contributed by atoms with E-state index in [-0.39, 0.29) is 5.91 Å². The van der Waals surface area contributed by atoms with Crippen molar-refractivity contribution in [3.8, 4) is 0 Å². The predicted octanol–water partition coefficient (Wildman–Crippen LogP) is 4.30. The lowest BCUT2D eigenvalue weighted by Crippen LogP contribution is -2.13. The number of nitrogens with one attached hydrogen (secondary N) is 2. The van der Waals surface area contributed by atoms with Crippen molar-refractivity contribution in [2.24, 2.45) is 0 Å². The van der Waals surface area contributed by atoms with Crippen LogP contribution < -0.4 is 10.6 Å². The van der Waals surface area contributed by atoms with Crippen LogP contribution in [0.3, 0.4) is 0 Å². The van der Waals surface area contributed by atoms with Crippen molar-refractivity contribution in [3.05, 3.63) is 82.8 Å². The molecule has 25 heavy (non-hydrogen) atoms. The molecule has 6 heteroatoms. The highest BCUT2D eigenvalue weighted by atomic mass is 35.5. The highest BCUT2D eigenvalue weighted by Gasteiger charge is 2.09. The lowest BCUT2D eigenvalue weighted by atomic mass is 10.2. The Balaban J connectivity index is 1.63. The second-order valence-electron chi connectivity index (χ2n) is 5.55. The summed E-state index contributed by atoms with van der Waals surface area (Å²) < 4.78 is 0. The zero-order valence-electron chi connectivity index (χ0n) is 13.7. The van der Waals surface area contributed by atoms with Crippen LogP contribution in [0.15, 0.2) is 61.1 Å². The number of hydrogen-bond acceptors (Lipinski definition) is 4. The number of carbonyl (C=O) groups excluding carboxylic acids is 1. The molecule has 2 heterocycles. The third kappa shape index (κ3) is 4.55. The van der Waals surface area contributed by atoms with Gasteiger partial charge >= 0.3 is 0 Å². The van der Waals surface area contributed by atoms with Gasteiger partial charge in [0, 0.05) is 35.8 Å². The van der Waals surface area contributed by atoms with Crippen LogP contribution in [0.5, 0.6) is 0 Å². The van der Waals surface area contributed by atoms with Crippen LogP contribution in [-0.2, 0) is 6.54 Å². The maximum atomic E-state index is 12.3. The molecular formula is C19H17ClN4O. The first-order chi connectivity index (χ1) is 12.1. The van der Waals surface area contributed by atoms with Gasteiger partial charge in [0.1, 0.15) is 5.82 Å². The lowest BCUT2D eigenvalue weighted by Gasteiger charge is -2.10. The normalized spacial score (nSPS) is 10.3. The van der Waals surface area contributed by atoms with Crippen molar-refractivity contribution in [1.29, 1.82) is 0 Å². The van der Waals surface area contributed by atoms with Gasteiger partial charge in [-0.05, 0) is 54.4 Å². The molecule has 2 aromatic heterocycles. The van der Waals surface area contributed by atoms with Crippen LogP contribution in [0.25, 0.3) is 0 Å². The van der Waals surface area contributed by atoms with E-state index in [0.29, 0.717) is 28.6 Å². The van der Waals surface area contributed by atoms with Crippen LogP contribution in [0.4, 0.5) is 11.5 Å². The molecule has 3 rings (SSSR count). The molecule has 0 bridgehead atoms. The second-order valence-corrected chi connectivity index (χ2v) is 5.99. The molecule has 5 nitrogen and oxygen atoms in total. The summed E-state index contributed by atoms with van der Waals surface area (Å²) in [5.41, 5.74) is 3.22. The average molecular weight is 353 g/mol. The van der Waals surface area contributed by atoms with Crippen molar-refractivity contribution >= 4 is 29.0 Å². The molecule has 1 amide bonds. The van der Waals surface area contributed by atoms with Gasteiger partial charge in [0.25, 0.3) is 5.91 Å². The molecule has 0 radical (unpaired) electrons. The fourth-order valence-corrected chi connectivity index (χ4v) is 2.42. The second kappa shape index (κ2) is 7.77. The summed E-state index contributed by atoms with van der Waals surface area (Å²) >= 11 is 5.98. The Morgan fingerprint density at radius 2 is 1.92 bits per heavy atom. The van der Waals surface area contributed by atoms with Crippen molar-refractivity contribution < 1.29 is 4.79 Å². The molecule has 0 atom stereocenters. The fourth-order valence-electron chi connectivity index (χ4n) is 2.25. The van der Waals surface area contributed by atoms with E-state index in [0.717, 1.165) is 11.1 Å². The number of anilines is 2. The van der Waals surface area contributed by atoms with E-state index < -0.39 is 0 Å². The van der Waals surface area contributed by atoms with Crippen LogP contribution in [-0.4, -0.2) is 15.9 Å². The van der Waals surface area contributed by atoms with Crippen molar-refractivity contribution in [2.45, 2.75) is 13.5 Å². The maximum Gasteiger partial charge on any atom is 0.257 e. The number of aryl methyl sites for hydroxylation is 1. The Kier molecular flexibility index (Phi) is 5.26. The maximum absolute atomic E-state index is 12.3. The topological polar surface area (TPSA) is 66.9 Å². The Morgan fingerprint density at radius 1 is 1.12 bits per heavy atom. The minimum atomic E-state index is -0.224. The molecule has 0 saturated carbocycles. The standard InChI is InChI=1S/C19H17ClN4O/c1-13-2-4-16(20)10-17(13)24-19(25)15-3-5-18(23-12-15)22-11-14-6-8-21-9-7-14/h2-10,12H,11H2,1H3,(H,22,23)(H,24,25). The van der Waals surface area contributed by atoms with Gasteiger partial charge in [-0.25, -0.2) is 4.98 Å². The van der Waals surface area contributed by atoms with E-state index in [2.05, 4.69) is 20.6 Å². The Bertz CT molecular complexity index is 866. The zero-order valence-corrected chi connectivity index (χ0v) is 14.4. The first-order valence-corrected chi connectivity index (χ1v) is 8.16. The van der Waals surface area contributed by atoms with Crippen LogP contribution in [0, 0.1) is 6.92 Å². The summed E-state index contributed by atoms with van der Waals surface area (Å²) in [5, 5.41) is 6.64. The SMILES string of the molecule is Cc1ccc(Cl)cc1NC(=O)c1ccc(NCc2ccncc2)nc1. The molecule has 0 aliphatic carbocycles. The quantitative estimate of drug-likeness (QED) is 0.718. The third-order valence-electron chi connectivity index (χ3n) is 3.70. The highest BCUT2D eigenvalue weighted by molar-refractivity contribution is 6.31. The van der Waals surface area contributed by atoms with Crippen molar-refractivity contribution in [3.63, 3.8) is 0 Å². The first kappa shape index (κ1) is 16.9. The van der Waals surface area contributed by atoms with Gasteiger partial charge < -0.3 is 10.6 Å². The van der Waals surface area contributed by atoms with E-state index in [1.165, 1.54) is 0 Å². The summed E-state index contributed by atoms with van der Waals surface area (Å²) in [6.45, 7) is 2.55. The molecule has 0 aliphatic heterocycles. The number of halogens is 1. The van der Waals surface area contributed by atoms with Gasteiger partial charge in [-0.3, -0.25) is 9.78 Å². The molecule has 3 aromatic rings. The molecule has 0 aliphatic rings. The summed E-state index contributed by atoms with van der Waals surface area (Å²) in [5.74, 6) is 0.478. The smallest absolute Gasteiger partial charge is 0.257 e. The van der Waals surface area contributed by atoms with E-state index in [1.54, 1.807) is 42.9 Å². The predicted molar refractivity (Wildman–Crippen MR) is 99.9 cm³/mol. The van der Waals surface area contributed by atoms with Gasteiger partial charge in [-0.15, -0.1) is 0 Å². The van der Waals surface area contributed by atoms with Crippen LogP contribution >= 0.6 is 11.6 Å². The molecule has 0 fully saturated rings. The number of aromatic nitrogens is 2. The summed E-state index contributed by atoms with van der Waals surface area (Å²) in [7, 11) is 0. The largest absolute Gasteiger partial charge is 0.366 e. The number of amides is 1. The van der Waals surface area contributed by atoms with E-state index >= 15 is 0 Å². The van der Waals surface area contributed by atoms with Gasteiger partial charge in [-0.2, -0.15) is 0 Å². The number of rotatable bonds is 5. The minimum Gasteiger partial charge on any atom is -0.366 e. The number of carbonyl (C=O) groups is 1. The molecule has 0 saturated heterocycles. The molecule has 0 spiro atoms. The summed E-state index contributed by atoms with van der Waals surface area (Å²) in [6.07, 6.45) is 5.04. The lowest BCUT2D eigenvalue weighted by molar-refractivity contribution is 0.102.